The van der Waals surface area contributed by atoms with Crippen molar-refractivity contribution >= 4 is 11.6 Å². The van der Waals surface area contributed by atoms with E-state index in [0.717, 1.165) is 12.0 Å². The van der Waals surface area contributed by atoms with Crippen LogP contribution in [0.4, 0.5) is 5.69 Å². The highest BCUT2D eigenvalue weighted by atomic mass is 16.1. The molecular weight excluding hydrogens is 252 g/mol. The van der Waals surface area contributed by atoms with Crippen molar-refractivity contribution in [1.82, 2.24) is 10.3 Å². The van der Waals surface area contributed by atoms with Gasteiger partial charge in [-0.1, -0.05) is 31.2 Å². The van der Waals surface area contributed by atoms with Crippen molar-refractivity contribution in [2.24, 2.45) is 5.84 Å². The lowest BCUT2D eigenvalue weighted by Crippen LogP contribution is -2.24. The zero-order valence-corrected chi connectivity index (χ0v) is 11.4. The Morgan fingerprint density at radius 1 is 1.20 bits per heavy atom. The number of hydrogen-bond donors (Lipinski definition) is 3. The minimum atomic E-state index is -0.221. The lowest BCUT2D eigenvalue weighted by molar-refractivity contribution is 0.0946. The Morgan fingerprint density at radius 2 is 1.90 bits per heavy atom. The molecule has 0 aliphatic heterocycles. The van der Waals surface area contributed by atoms with Crippen molar-refractivity contribution in [2.75, 3.05) is 5.43 Å². The maximum Gasteiger partial charge on any atom is 0.270 e. The van der Waals surface area contributed by atoms with Crippen LogP contribution in [0.2, 0.25) is 0 Å². The van der Waals surface area contributed by atoms with Crippen molar-refractivity contribution in [3.05, 3.63) is 59.4 Å². The highest BCUT2D eigenvalue weighted by Crippen LogP contribution is 2.07. The summed E-state index contributed by atoms with van der Waals surface area (Å²) in [6.07, 6.45) is 2.55. The minimum absolute atomic E-state index is 0.221. The first-order valence-corrected chi connectivity index (χ1v) is 6.51. The maximum absolute atomic E-state index is 12.0. The predicted molar refractivity (Wildman–Crippen MR) is 79.0 cm³/mol. The highest BCUT2D eigenvalue weighted by molar-refractivity contribution is 5.93. The lowest BCUT2D eigenvalue weighted by atomic mass is 10.1. The second-order valence-electron chi connectivity index (χ2n) is 4.43. The summed E-state index contributed by atoms with van der Waals surface area (Å²) >= 11 is 0. The van der Waals surface area contributed by atoms with Crippen molar-refractivity contribution < 1.29 is 4.79 Å². The third kappa shape index (κ3) is 3.55. The number of nitrogens with zero attached hydrogens (tertiary/aromatic N) is 1. The highest BCUT2D eigenvalue weighted by Gasteiger charge is 2.07. The van der Waals surface area contributed by atoms with Gasteiger partial charge in [0, 0.05) is 12.7 Å². The molecule has 0 unspecified atom stereocenters. The van der Waals surface area contributed by atoms with Crippen molar-refractivity contribution in [3.8, 4) is 0 Å². The molecule has 0 saturated carbocycles. The van der Waals surface area contributed by atoms with Crippen molar-refractivity contribution in [1.29, 1.82) is 0 Å². The molecule has 0 radical (unpaired) electrons. The normalized spacial score (nSPS) is 10.1. The summed E-state index contributed by atoms with van der Waals surface area (Å²) in [5, 5.41) is 2.83. The van der Waals surface area contributed by atoms with E-state index in [2.05, 4.69) is 34.8 Å². The van der Waals surface area contributed by atoms with Gasteiger partial charge in [-0.3, -0.25) is 15.6 Å². The number of benzene rings is 1. The number of amides is 1. The molecule has 104 valence electrons. The van der Waals surface area contributed by atoms with Gasteiger partial charge in [-0.15, -0.1) is 0 Å². The number of nitrogens with two attached hydrogens (primary N) is 1. The van der Waals surface area contributed by atoms with Crippen LogP contribution in [0.1, 0.15) is 28.5 Å². The van der Waals surface area contributed by atoms with Crippen LogP contribution in [0, 0.1) is 0 Å². The quantitative estimate of drug-likeness (QED) is 0.572. The van der Waals surface area contributed by atoms with Gasteiger partial charge in [0.1, 0.15) is 5.69 Å². The molecule has 5 nitrogen and oxygen atoms in total. The van der Waals surface area contributed by atoms with Gasteiger partial charge >= 0.3 is 0 Å². The summed E-state index contributed by atoms with van der Waals surface area (Å²) in [5.41, 5.74) is 5.82. The third-order valence-electron chi connectivity index (χ3n) is 3.04. The summed E-state index contributed by atoms with van der Waals surface area (Å²) in [7, 11) is 0. The second-order valence-corrected chi connectivity index (χ2v) is 4.43. The zero-order valence-electron chi connectivity index (χ0n) is 11.4. The first kappa shape index (κ1) is 14.0. The molecular formula is C15H18N4O. The maximum atomic E-state index is 12.0. The summed E-state index contributed by atoms with van der Waals surface area (Å²) in [6.45, 7) is 2.59. The predicted octanol–water partition coefficient (Wildman–Crippen LogP) is 1.86. The molecule has 0 atom stereocenters. The Kier molecular flexibility index (Phi) is 4.68. The Morgan fingerprint density at radius 3 is 2.55 bits per heavy atom. The number of anilines is 1. The number of rotatable bonds is 5. The SMILES string of the molecule is CCc1ccc(CNC(=O)c2cc(NN)ccn2)cc1. The van der Waals surface area contributed by atoms with Gasteiger partial charge in [0.25, 0.3) is 5.91 Å². The van der Waals surface area contributed by atoms with Gasteiger partial charge in [-0.05, 0) is 29.7 Å². The molecule has 0 spiro atoms. The van der Waals surface area contributed by atoms with E-state index >= 15 is 0 Å². The molecule has 0 fully saturated rings. The minimum Gasteiger partial charge on any atom is -0.347 e. The first-order valence-electron chi connectivity index (χ1n) is 6.51. The largest absolute Gasteiger partial charge is 0.347 e. The van der Waals surface area contributed by atoms with Crippen molar-refractivity contribution in [2.45, 2.75) is 19.9 Å². The summed E-state index contributed by atoms with van der Waals surface area (Å²) in [4.78, 5) is 16.0. The number of hydrazine groups is 1. The summed E-state index contributed by atoms with van der Waals surface area (Å²) in [6, 6.07) is 11.5. The van der Waals surface area contributed by atoms with E-state index in [-0.39, 0.29) is 5.91 Å². The zero-order chi connectivity index (χ0) is 14.4. The van der Waals surface area contributed by atoms with Gasteiger partial charge in [-0.25, -0.2) is 0 Å². The Balaban J connectivity index is 1.97. The topological polar surface area (TPSA) is 80.0 Å². The molecule has 20 heavy (non-hydrogen) atoms. The van der Waals surface area contributed by atoms with E-state index in [1.165, 1.54) is 5.56 Å². The molecule has 5 heteroatoms. The molecule has 0 saturated heterocycles. The fraction of sp³-hybridized carbons (Fsp3) is 0.200. The number of pyridine rings is 1. The van der Waals surface area contributed by atoms with E-state index in [0.29, 0.717) is 17.9 Å². The van der Waals surface area contributed by atoms with Crippen molar-refractivity contribution in [3.63, 3.8) is 0 Å². The Bertz CT molecular complexity index is 581. The van der Waals surface area contributed by atoms with Crippen LogP contribution in [-0.4, -0.2) is 10.9 Å². The molecule has 1 heterocycles. The van der Waals surface area contributed by atoms with Gasteiger partial charge in [0.2, 0.25) is 0 Å². The fourth-order valence-electron chi connectivity index (χ4n) is 1.81. The number of nitrogen functional groups attached to an aromatic ring is 1. The Hall–Kier alpha value is -2.40. The fourth-order valence-corrected chi connectivity index (χ4v) is 1.81. The van der Waals surface area contributed by atoms with Crippen LogP contribution >= 0.6 is 0 Å². The molecule has 0 aliphatic carbocycles. The standard InChI is InChI=1S/C15H18N4O/c1-2-11-3-5-12(6-4-11)10-18-15(20)14-9-13(19-16)7-8-17-14/h3-9H,2,10,16H2,1H3,(H,17,19)(H,18,20). The van der Waals surface area contributed by atoms with E-state index in [9.17, 15) is 4.79 Å². The number of hydrogen-bond acceptors (Lipinski definition) is 4. The number of nitrogens with one attached hydrogen (secondary N) is 2. The van der Waals surface area contributed by atoms with Crippen LogP contribution < -0.4 is 16.6 Å². The smallest absolute Gasteiger partial charge is 0.270 e. The molecule has 0 bridgehead atoms. The van der Waals surface area contributed by atoms with E-state index in [4.69, 9.17) is 5.84 Å². The van der Waals surface area contributed by atoms with E-state index in [1.807, 2.05) is 12.1 Å². The first-order chi connectivity index (χ1) is 9.72. The molecule has 1 aromatic carbocycles. The van der Waals surface area contributed by atoms with Crippen LogP contribution in [0.25, 0.3) is 0 Å². The summed E-state index contributed by atoms with van der Waals surface area (Å²) < 4.78 is 0. The lowest BCUT2D eigenvalue weighted by Gasteiger charge is -2.07. The molecule has 2 rings (SSSR count). The van der Waals surface area contributed by atoms with Gasteiger partial charge < -0.3 is 10.7 Å². The molecule has 1 aromatic heterocycles. The number of aryl methyl sites for hydroxylation is 1. The molecule has 0 aliphatic rings. The molecule has 2 aromatic rings. The van der Waals surface area contributed by atoms with Gasteiger partial charge in [-0.2, -0.15) is 0 Å². The van der Waals surface area contributed by atoms with E-state index in [1.54, 1.807) is 18.3 Å². The number of carbonyl (C=O) groups is 1. The van der Waals surface area contributed by atoms with Gasteiger partial charge in [0.05, 0.1) is 5.69 Å². The number of carbonyl (C=O) groups excluding carboxylic acids is 1. The van der Waals surface area contributed by atoms with E-state index < -0.39 is 0 Å². The second kappa shape index (κ2) is 6.68. The molecule has 1 amide bonds. The van der Waals surface area contributed by atoms with Gasteiger partial charge in [0.15, 0.2) is 0 Å². The third-order valence-corrected chi connectivity index (χ3v) is 3.04. The summed E-state index contributed by atoms with van der Waals surface area (Å²) in [5.74, 6) is 5.08. The number of aromatic nitrogens is 1. The average Bonchev–Trinajstić information content (AvgIpc) is 2.53. The Labute approximate surface area is 118 Å². The average molecular weight is 270 g/mol. The monoisotopic (exact) mass is 270 g/mol. The van der Waals surface area contributed by atoms with Crippen LogP contribution in [0.3, 0.4) is 0 Å². The van der Waals surface area contributed by atoms with Crippen LogP contribution in [-0.2, 0) is 13.0 Å². The molecule has 4 N–H and O–H groups in total. The van der Waals surface area contributed by atoms with Crippen LogP contribution in [0.15, 0.2) is 42.6 Å². The van der Waals surface area contributed by atoms with Crippen LogP contribution in [0.5, 0.6) is 0 Å².